The van der Waals surface area contributed by atoms with Gasteiger partial charge in [-0.3, -0.25) is 4.79 Å². The van der Waals surface area contributed by atoms with Crippen molar-refractivity contribution in [3.05, 3.63) is 29.8 Å². The Morgan fingerprint density at radius 3 is 2.57 bits per heavy atom. The van der Waals surface area contributed by atoms with Gasteiger partial charge in [0.15, 0.2) is 5.96 Å². The monoisotopic (exact) mass is 531 g/mol. The van der Waals surface area contributed by atoms with E-state index in [4.69, 9.17) is 9.73 Å². The van der Waals surface area contributed by atoms with Crippen molar-refractivity contribution in [1.82, 2.24) is 16.0 Å². The van der Waals surface area contributed by atoms with E-state index < -0.39 is 0 Å². The lowest BCUT2D eigenvalue weighted by molar-refractivity contribution is -0.120. The molecule has 7 nitrogen and oxygen atoms in total. The molecule has 0 aromatic heterocycles. The first kappa shape index (κ1) is 26.5. The highest BCUT2D eigenvalue weighted by molar-refractivity contribution is 14.0. The van der Waals surface area contributed by atoms with E-state index in [9.17, 15) is 4.79 Å². The van der Waals surface area contributed by atoms with Crippen molar-refractivity contribution in [2.75, 3.05) is 44.2 Å². The third kappa shape index (κ3) is 9.07. The fraction of sp³-hybridized carbons (Fsp3) is 0.636. The standard InChI is InChI=1S/C22H37N5O2.HI/c1-5-23-22(25-12-11-20(17(3)4)29-6-2)26-15-18-7-9-19(10-8-18)27-14-13-24-21(28)16-27;/h7-10,17,20H,5-6,11-16H2,1-4H3,(H,24,28)(H2,23,25,26);1H. The third-order valence-electron chi connectivity index (χ3n) is 4.95. The molecule has 0 saturated carbocycles. The number of anilines is 1. The van der Waals surface area contributed by atoms with E-state index in [1.807, 2.05) is 6.92 Å². The first-order chi connectivity index (χ1) is 14.0. The summed E-state index contributed by atoms with van der Waals surface area (Å²) in [5.74, 6) is 1.40. The molecule has 3 N–H and O–H groups in total. The molecule has 1 heterocycles. The molecule has 1 aliphatic rings. The fourth-order valence-corrected chi connectivity index (χ4v) is 3.34. The van der Waals surface area contributed by atoms with Gasteiger partial charge in [-0.15, -0.1) is 24.0 Å². The summed E-state index contributed by atoms with van der Waals surface area (Å²) in [5, 5.41) is 9.56. The average molecular weight is 531 g/mol. The van der Waals surface area contributed by atoms with Crippen LogP contribution in [0.4, 0.5) is 5.69 Å². The minimum Gasteiger partial charge on any atom is -0.378 e. The summed E-state index contributed by atoms with van der Waals surface area (Å²) in [6.07, 6.45) is 1.22. The van der Waals surface area contributed by atoms with Crippen molar-refractivity contribution in [3.8, 4) is 0 Å². The molecule has 0 spiro atoms. The Hall–Kier alpha value is -1.55. The predicted octanol–water partition coefficient (Wildman–Crippen LogP) is 2.75. The van der Waals surface area contributed by atoms with Crippen LogP contribution >= 0.6 is 24.0 Å². The van der Waals surface area contributed by atoms with Gasteiger partial charge in [0, 0.05) is 38.5 Å². The number of aliphatic imine (C=N–C) groups is 1. The number of hydrogen-bond donors (Lipinski definition) is 3. The van der Waals surface area contributed by atoms with Gasteiger partial charge in [-0.1, -0.05) is 26.0 Å². The average Bonchev–Trinajstić information content (AvgIpc) is 2.71. The maximum atomic E-state index is 11.6. The number of nitrogens with zero attached hydrogens (tertiary/aromatic N) is 2. The molecule has 1 unspecified atom stereocenters. The van der Waals surface area contributed by atoms with E-state index >= 15 is 0 Å². The third-order valence-corrected chi connectivity index (χ3v) is 4.95. The summed E-state index contributed by atoms with van der Waals surface area (Å²) in [6.45, 7) is 13.5. The molecule has 0 aliphatic carbocycles. The highest BCUT2D eigenvalue weighted by Gasteiger charge is 2.16. The van der Waals surface area contributed by atoms with Crippen LogP contribution in [0.1, 0.15) is 39.7 Å². The molecule has 0 bridgehead atoms. The minimum absolute atomic E-state index is 0. The summed E-state index contributed by atoms with van der Waals surface area (Å²) in [5.41, 5.74) is 2.22. The number of rotatable bonds is 10. The molecule has 1 fully saturated rings. The number of piperazine rings is 1. The maximum Gasteiger partial charge on any atom is 0.239 e. The SMILES string of the molecule is CCNC(=NCc1ccc(N2CCNC(=O)C2)cc1)NCCC(OCC)C(C)C.I. The van der Waals surface area contributed by atoms with Crippen LogP contribution in [0, 0.1) is 5.92 Å². The van der Waals surface area contributed by atoms with E-state index in [1.165, 1.54) is 0 Å². The van der Waals surface area contributed by atoms with Gasteiger partial charge in [-0.25, -0.2) is 4.99 Å². The number of amides is 1. The molecule has 0 radical (unpaired) electrons. The van der Waals surface area contributed by atoms with E-state index in [-0.39, 0.29) is 36.0 Å². The first-order valence-electron chi connectivity index (χ1n) is 10.8. The van der Waals surface area contributed by atoms with Gasteiger partial charge in [0.05, 0.1) is 19.2 Å². The molecule has 1 aliphatic heterocycles. The molecule has 170 valence electrons. The van der Waals surface area contributed by atoms with Crippen LogP contribution < -0.4 is 20.9 Å². The number of benzene rings is 1. The lowest BCUT2D eigenvalue weighted by Gasteiger charge is -2.28. The number of hydrogen-bond acceptors (Lipinski definition) is 4. The van der Waals surface area contributed by atoms with Gasteiger partial charge in [-0.05, 0) is 43.9 Å². The van der Waals surface area contributed by atoms with Crippen molar-refractivity contribution in [2.24, 2.45) is 10.9 Å². The van der Waals surface area contributed by atoms with Crippen LogP contribution in [0.25, 0.3) is 0 Å². The summed E-state index contributed by atoms with van der Waals surface area (Å²) in [4.78, 5) is 18.4. The van der Waals surface area contributed by atoms with Crippen LogP contribution in [-0.2, 0) is 16.1 Å². The lowest BCUT2D eigenvalue weighted by Crippen LogP contribution is -2.47. The molecule has 1 amide bonds. The first-order valence-corrected chi connectivity index (χ1v) is 10.8. The normalized spacial score (nSPS) is 15.4. The smallest absolute Gasteiger partial charge is 0.239 e. The van der Waals surface area contributed by atoms with Gasteiger partial charge < -0.3 is 25.6 Å². The number of guanidine groups is 1. The quantitative estimate of drug-likeness (QED) is 0.246. The van der Waals surface area contributed by atoms with Gasteiger partial charge in [0.2, 0.25) is 5.91 Å². The Bertz CT molecular complexity index is 651. The van der Waals surface area contributed by atoms with Crippen LogP contribution in [0.15, 0.2) is 29.3 Å². The highest BCUT2D eigenvalue weighted by Crippen LogP contribution is 2.16. The summed E-state index contributed by atoms with van der Waals surface area (Å²) >= 11 is 0. The zero-order chi connectivity index (χ0) is 21.1. The van der Waals surface area contributed by atoms with Gasteiger partial charge >= 0.3 is 0 Å². The van der Waals surface area contributed by atoms with Crippen molar-refractivity contribution in [2.45, 2.75) is 46.8 Å². The number of ether oxygens (including phenoxy) is 1. The Morgan fingerprint density at radius 2 is 1.97 bits per heavy atom. The topological polar surface area (TPSA) is 78.0 Å². The molecular formula is C22H38IN5O2. The van der Waals surface area contributed by atoms with Crippen LogP contribution in [0.3, 0.4) is 0 Å². The second kappa shape index (κ2) is 14.5. The molecule has 1 aromatic rings. The Kier molecular flexibility index (Phi) is 12.8. The number of halogens is 1. The largest absolute Gasteiger partial charge is 0.378 e. The van der Waals surface area contributed by atoms with Crippen molar-refractivity contribution >= 4 is 41.5 Å². The lowest BCUT2D eigenvalue weighted by atomic mass is 10.0. The van der Waals surface area contributed by atoms with E-state index in [2.05, 4.69) is 65.9 Å². The van der Waals surface area contributed by atoms with Gasteiger partial charge in [0.25, 0.3) is 0 Å². The van der Waals surface area contributed by atoms with E-state index in [1.54, 1.807) is 0 Å². The number of carbonyl (C=O) groups is 1. The van der Waals surface area contributed by atoms with Gasteiger partial charge in [-0.2, -0.15) is 0 Å². The van der Waals surface area contributed by atoms with Crippen molar-refractivity contribution in [3.63, 3.8) is 0 Å². The highest BCUT2D eigenvalue weighted by atomic mass is 127. The second-order valence-electron chi connectivity index (χ2n) is 7.59. The van der Waals surface area contributed by atoms with E-state index in [0.29, 0.717) is 25.6 Å². The number of nitrogens with one attached hydrogen (secondary N) is 3. The number of carbonyl (C=O) groups excluding carboxylic acids is 1. The Balaban J connectivity index is 0.00000450. The molecule has 1 aromatic carbocycles. The summed E-state index contributed by atoms with van der Waals surface area (Å²) < 4.78 is 5.81. The molecule has 2 rings (SSSR count). The van der Waals surface area contributed by atoms with Crippen LogP contribution in [-0.4, -0.2) is 57.3 Å². The van der Waals surface area contributed by atoms with Crippen LogP contribution in [0.5, 0.6) is 0 Å². The zero-order valence-corrected chi connectivity index (χ0v) is 21.1. The molecular weight excluding hydrogens is 493 g/mol. The fourth-order valence-electron chi connectivity index (χ4n) is 3.34. The second-order valence-corrected chi connectivity index (χ2v) is 7.59. The van der Waals surface area contributed by atoms with Crippen molar-refractivity contribution in [1.29, 1.82) is 0 Å². The summed E-state index contributed by atoms with van der Waals surface area (Å²) in [6, 6.07) is 8.30. The predicted molar refractivity (Wildman–Crippen MR) is 135 cm³/mol. The summed E-state index contributed by atoms with van der Waals surface area (Å²) in [7, 11) is 0. The van der Waals surface area contributed by atoms with E-state index in [0.717, 1.165) is 49.9 Å². The van der Waals surface area contributed by atoms with Crippen molar-refractivity contribution < 1.29 is 9.53 Å². The zero-order valence-electron chi connectivity index (χ0n) is 18.7. The maximum absolute atomic E-state index is 11.6. The molecule has 1 saturated heterocycles. The Labute approximate surface area is 198 Å². The molecule has 30 heavy (non-hydrogen) atoms. The molecule has 8 heteroatoms. The van der Waals surface area contributed by atoms with Gasteiger partial charge in [0.1, 0.15) is 0 Å². The van der Waals surface area contributed by atoms with Crippen LogP contribution in [0.2, 0.25) is 0 Å². The Morgan fingerprint density at radius 1 is 1.23 bits per heavy atom. The minimum atomic E-state index is 0. The molecule has 1 atom stereocenters.